The zero-order chi connectivity index (χ0) is 15.7. The second-order valence-corrected chi connectivity index (χ2v) is 5.00. The minimum absolute atomic E-state index is 0.306. The van der Waals surface area contributed by atoms with E-state index in [0.29, 0.717) is 22.6 Å². The number of para-hydroxylation sites is 1. The van der Waals surface area contributed by atoms with Crippen LogP contribution in [0.15, 0.2) is 42.6 Å². The monoisotopic (exact) mass is 298 g/mol. The number of aromatic nitrogens is 1. The Kier molecular flexibility index (Phi) is 3.55. The number of carbonyl (C=O) groups is 1. The van der Waals surface area contributed by atoms with Crippen LogP contribution in [0, 0.1) is 12.7 Å². The largest absolute Gasteiger partial charge is 0.495 e. The van der Waals surface area contributed by atoms with E-state index in [-0.39, 0.29) is 5.91 Å². The third-order valence-electron chi connectivity index (χ3n) is 3.56. The van der Waals surface area contributed by atoms with E-state index in [0.717, 1.165) is 10.9 Å². The summed E-state index contributed by atoms with van der Waals surface area (Å²) in [7, 11) is 1.48. The molecule has 4 nitrogen and oxygen atoms in total. The first kappa shape index (κ1) is 14.1. The summed E-state index contributed by atoms with van der Waals surface area (Å²) >= 11 is 0. The van der Waals surface area contributed by atoms with Crippen molar-refractivity contribution in [2.24, 2.45) is 0 Å². The highest BCUT2D eigenvalue weighted by Crippen LogP contribution is 2.28. The lowest BCUT2D eigenvalue weighted by atomic mass is 10.1. The highest BCUT2D eigenvalue weighted by Gasteiger charge is 2.15. The second kappa shape index (κ2) is 5.52. The maximum absolute atomic E-state index is 13.7. The van der Waals surface area contributed by atoms with Gasteiger partial charge < -0.3 is 15.0 Å². The van der Waals surface area contributed by atoms with Crippen LogP contribution in [0.3, 0.4) is 0 Å². The molecule has 0 radical (unpaired) electrons. The molecule has 1 amide bonds. The average molecular weight is 298 g/mol. The Morgan fingerprint density at radius 3 is 2.82 bits per heavy atom. The molecule has 2 aromatic carbocycles. The number of nitrogens with one attached hydrogen (secondary N) is 2. The van der Waals surface area contributed by atoms with Gasteiger partial charge in [0.25, 0.3) is 5.91 Å². The number of hydrogen-bond acceptors (Lipinski definition) is 2. The third-order valence-corrected chi connectivity index (χ3v) is 3.56. The number of halogens is 1. The van der Waals surface area contributed by atoms with Crippen molar-refractivity contribution in [3.8, 4) is 5.75 Å². The van der Waals surface area contributed by atoms with Crippen LogP contribution in [-0.4, -0.2) is 18.0 Å². The molecule has 0 fully saturated rings. The molecule has 1 aromatic heterocycles. The zero-order valence-corrected chi connectivity index (χ0v) is 12.2. The summed E-state index contributed by atoms with van der Waals surface area (Å²) in [5, 5.41) is 3.51. The minimum atomic E-state index is -0.393. The Hall–Kier alpha value is -2.82. The highest BCUT2D eigenvalue weighted by molar-refractivity contribution is 6.13. The molecular formula is C17H15FN2O2. The van der Waals surface area contributed by atoms with E-state index in [1.165, 1.54) is 13.2 Å². The fourth-order valence-corrected chi connectivity index (χ4v) is 2.37. The molecule has 112 valence electrons. The maximum atomic E-state index is 13.7. The number of methoxy groups -OCH3 is 1. The lowest BCUT2D eigenvalue weighted by Gasteiger charge is -2.11. The molecule has 3 rings (SSSR count). The van der Waals surface area contributed by atoms with Crippen LogP contribution >= 0.6 is 0 Å². The van der Waals surface area contributed by atoms with Gasteiger partial charge in [0.05, 0.1) is 18.4 Å². The first-order valence-electron chi connectivity index (χ1n) is 6.81. The molecule has 0 atom stereocenters. The van der Waals surface area contributed by atoms with Gasteiger partial charge in [0.1, 0.15) is 11.6 Å². The zero-order valence-electron chi connectivity index (χ0n) is 12.2. The smallest absolute Gasteiger partial charge is 0.257 e. The maximum Gasteiger partial charge on any atom is 0.257 e. The Bertz CT molecular complexity index is 855. The number of benzene rings is 2. The van der Waals surface area contributed by atoms with Crippen LogP contribution in [0.1, 0.15) is 15.9 Å². The number of H-pyrrole nitrogens is 1. The molecule has 1 heterocycles. The number of fused-ring (bicyclic) bond motifs is 1. The van der Waals surface area contributed by atoms with Crippen LogP contribution in [0.4, 0.5) is 10.1 Å². The van der Waals surface area contributed by atoms with Gasteiger partial charge in [-0.3, -0.25) is 4.79 Å². The van der Waals surface area contributed by atoms with E-state index >= 15 is 0 Å². The van der Waals surface area contributed by atoms with Gasteiger partial charge in [-0.25, -0.2) is 4.39 Å². The SMILES string of the molecule is COc1cc(C)c(F)cc1NC(=O)c1c[nH]c2ccccc12. The third kappa shape index (κ3) is 2.41. The van der Waals surface area contributed by atoms with Gasteiger partial charge in [0, 0.05) is 23.2 Å². The number of hydrogen-bond donors (Lipinski definition) is 2. The highest BCUT2D eigenvalue weighted by atomic mass is 19.1. The molecule has 2 N–H and O–H groups in total. The van der Waals surface area contributed by atoms with Crippen LogP contribution in [0.2, 0.25) is 0 Å². The standard InChI is InChI=1S/C17H15FN2O2/c1-10-7-16(22-2)15(8-13(10)18)20-17(21)12-9-19-14-6-4-3-5-11(12)14/h3-9,19H,1-2H3,(H,20,21). The molecule has 3 aromatic rings. The number of aryl methyl sites for hydroxylation is 1. The molecule has 0 bridgehead atoms. The minimum Gasteiger partial charge on any atom is -0.495 e. The summed E-state index contributed by atoms with van der Waals surface area (Å²) in [5.74, 6) is -0.291. The fourth-order valence-electron chi connectivity index (χ4n) is 2.37. The van der Waals surface area contributed by atoms with Gasteiger partial charge in [-0.05, 0) is 24.6 Å². The van der Waals surface area contributed by atoms with E-state index in [1.807, 2.05) is 24.3 Å². The van der Waals surface area contributed by atoms with Crippen LogP contribution < -0.4 is 10.1 Å². The predicted molar refractivity (Wildman–Crippen MR) is 83.9 cm³/mol. The predicted octanol–water partition coefficient (Wildman–Crippen LogP) is 3.88. The summed E-state index contributed by atoms with van der Waals surface area (Å²) in [6.45, 7) is 1.64. The average Bonchev–Trinajstić information content (AvgIpc) is 2.94. The van der Waals surface area contributed by atoms with Crippen molar-refractivity contribution in [1.29, 1.82) is 0 Å². The number of ether oxygens (including phenoxy) is 1. The Balaban J connectivity index is 1.96. The van der Waals surface area contributed by atoms with Gasteiger partial charge in [0.2, 0.25) is 0 Å². The van der Waals surface area contributed by atoms with Crippen molar-refractivity contribution < 1.29 is 13.9 Å². The number of carbonyl (C=O) groups excluding carboxylic acids is 1. The van der Waals surface area contributed by atoms with E-state index < -0.39 is 5.82 Å². The quantitative estimate of drug-likeness (QED) is 0.771. The molecule has 0 saturated heterocycles. The number of anilines is 1. The Morgan fingerprint density at radius 2 is 2.05 bits per heavy atom. The van der Waals surface area contributed by atoms with E-state index in [2.05, 4.69) is 10.3 Å². The molecular weight excluding hydrogens is 283 g/mol. The summed E-state index contributed by atoms with van der Waals surface area (Å²) in [4.78, 5) is 15.5. The number of rotatable bonds is 3. The molecule has 22 heavy (non-hydrogen) atoms. The van der Waals surface area contributed by atoms with Crippen molar-refractivity contribution in [2.75, 3.05) is 12.4 Å². The van der Waals surface area contributed by atoms with Crippen molar-refractivity contribution >= 4 is 22.5 Å². The molecule has 0 aliphatic heterocycles. The van der Waals surface area contributed by atoms with Gasteiger partial charge in [-0.2, -0.15) is 0 Å². The fraction of sp³-hybridized carbons (Fsp3) is 0.118. The first-order chi connectivity index (χ1) is 10.6. The van der Waals surface area contributed by atoms with Gasteiger partial charge in [-0.1, -0.05) is 18.2 Å². The van der Waals surface area contributed by atoms with Gasteiger partial charge in [-0.15, -0.1) is 0 Å². The number of amides is 1. The van der Waals surface area contributed by atoms with Crippen molar-refractivity contribution in [1.82, 2.24) is 4.98 Å². The van der Waals surface area contributed by atoms with Gasteiger partial charge in [0.15, 0.2) is 0 Å². The van der Waals surface area contributed by atoms with Gasteiger partial charge >= 0.3 is 0 Å². The number of aromatic amines is 1. The summed E-state index contributed by atoms with van der Waals surface area (Å²) in [6, 6.07) is 10.3. The van der Waals surface area contributed by atoms with E-state index in [9.17, 15) is 9.18 Å². The Labute approximate surface area is 126 Å². The molecule has 0 saturated carbocycles. The molecule has 0 aliphatic carbocycles. The van der Waals surface area contributed by atoms with Crippen LogP contribution in [0.25, 0.3) is 10.9 Å². The van der Waals surface area contributed by atoms with E-state index in [1.54, 1.807) is 19.2 Å². The lowest BCUT2D eigenvalue weighted by Crippen LogP contribution is -2.12. The molecule has 0 spiro atoms. The second-order valence-electron chi connectivity index (χ2n) is 5.00. The summed E-state index contributed by atoms with van der Waals surface area (Å²) in [5.41, 5.74) is 2.14. The molecule has 0 unspecified atom stereocenters. The summed E-state index contributed by atoms with van der Waals surface area (Å²) < 4.78 is 18.9. The molecule has 0 aliphatic rings. The van der Waals surface area contributed by atoms with Crippen molar-refractivity contribution in [3.05, 3.63) is 59.5 Å². The van der Waals surface area contributed by atoms with E-state index in [4.69, 9.17) is 4.74 Å². The topological polar surface area (TPSA) is 54.1 Å². The Morgan fingerprint density at radius 1 is 1.27 bits per heavy atom. The first-order valence-corrected chi connectivity index (χ1v) is 6.81. The summed E-state index contributed by atoms with van der Waals surface area (Å²) in [6.07, 6.45) is 1.64. The van der Waals surface area contributed by atoms with Crippen LogP contribution in [0.5, 0.6) is 5.75 Å². The normalized spacial score (nSPS) is 10.7. The van der Waals surface area contributed by atoms with Crippen molar-refractivity contribution in [2.45, 2.75) is 6.92 Å². The molecule has 5 heteroatoms. The van der Waals surface area contributed by atoms with Crippen LogP contribution in [-0.2, 0) is 0 Å². The van der Waals surface area contributed by atoms with Crippen molar-refractivity contribution in [3.63, 3.8) is 0 Å². The lowest BCUT2D eigenvalue weighted by molar-refractivity contribution is 0.102.